The largest absolute Gasteiger partial charge is 0.506 e. The number of carbonyl (C=O) groups excluding carboxylic acids is 2. The van der Waals surface area contributed by atoms with Crippen molar-refractivity contribution in [2.24, 2.45) is 4.99 Å². The van der Waals surface area contributed by atoms with Crippen LogP contribution in [0.5, 0.6) is 11.5 Å². The molecule has 1 N–H and O–H groups in total. The van der Waals surface area contributed by atoms with Crippen LogP contribution in [0.2, 0.25) is 0 Å². The van der Waals surface area contributed by atoms with E-state index in [0.717, 1.165) is 17.3 Å². The minimum atomic E-state index is -0.744. The molecule has 0 saturated carbocycles. The van der Waals surface area contributed by atoms with E-state index in [9.17, 15) is 19.1 Å². The number of carbonyl (C=O) groups is 2. The van der Waals surface area contributed by atoms with Gasteiger partial charge in [0.05, 0.1) is 18.6 Å². The van der Waals surface area contributed by atoms with E-state index in [1.54, 1.807) is 43.3 Å². The molecule has 9 heteroatoms. The molecule has 184 valence electrons. The van der Waals surface area contributed by atoms with Crippen molar-refractivity contribution in [2.45, 2.75) is 33.3 Å². The second-order valence-electron chi connectivity index (χ2n) is 7.44. The number of aliphatic hydroxyl groups is 1. The van der Waals surface area contributed by atoms with Crippen molar-refractivity contribution in [2.75, 3.05) is 13.7 Å². The lowest BCUT2D eigenvalue weighted by molar-refractivity contribution is -0.138. The fourth-order valence-electron chi connectivity index (χ4n) is 3.16. The minimum Gasteiger partial charge on any atom is -0.506 e. The Morgan fingerprint density at radius 3 is 2.51 bits per heavy atom. The van der Waals surface area contributed by atoms with Gasteiger partial charge in [-0.3, -0.25) is 4.79 Å². The van der Waals surface area contributed by atoms with Crippen molar-refractivity contribution in [3.8, 4) is 11.5 Å². The summed E-state index contributed by atoms with van der Waals surface area (Å²) in [5, 5.41) is 10.9. The van der Waals surface area contributed by atoms with E-state index in [1.165, 1.54) is 19.2 Å². The van der Waals surface area contributed by atoms with Gasteiger partial charge in [0.25, 0.3) is 0 Å². The summed E-state index contributed by atoms with van der Waals surface area (Å²) in [6, 6.07) is 11.2. The number of rotatable bonds is 9. The number of nitrogens with zero attached hydrogens (tertiary/aromatic N) is 1. The molecule has 0 fully saturated rings. The van der Waals surface area contributed by atoms with Gasteiger partial charge < -0.3 is 19.3 Å². The Bertz CT molecular complexity index is 1190. The quantitative estimate of drug-likeness (QED) is 0.449. The Kier molecular flexibility index (Phi) is 9.08. The van der Waals surface area contributed by atoms with E-state index in [4.69, 9.17) is 14.2 Å². The molecule has 0 saturated heterocycles. The number of ether oxygens (including phenoxy) is 3. The molecule has 2 aromatic carbocycles. The Labute approximate surface area is 207 Å². The van der Waals surface area contributed by atoms with Crippen LogP contribution in [-0.4, -0.2) is 35.7 Å². The van der Waals surface area contributed by atoms with Crippen LogP contribution in [0.25, 0.3) is 6.08 Å². The highest BCUT2D eigenvalue weighted by Gasteiger charge is 2.33. The molecule has 35 heavy (non-hydrogen) atoms. The summed E-state index contributed by atoms with van der Waals surface area (Å²) in [6.07, 6.45) is 2.50. The van der Waals surface area contributed by atoms with Crippen LogP contribution in [0.15, 0.2) is 63.7 Å². The first-order valence-corrected chi connectivity index (χ1v) is 11.8. The lowest BCUT2D eigenvalue weighted by atomic mass is 10.1. The number of hydrogen-bond acceptors (Lipinski definition) is 7. The average molecular weight is 500 g/mol. The molecule has 0 bridgehead atoms. The number of thioether (sulfide) groups is 1. The molecule has 0 radical (unpaired) electrons. The van der Waals surface area contributed by atoms with E-state index in [0.29, 0.717) is 28.4 Å². The fraction of sp³-hybridized carbons (Fsp3) is 0.269. The van der Waals surface area contributed by atoms with E-state index >= 15 is 0 Å². The second kappa shape index (κ2) is 12.2. The molecular formula is C26H26FNO6S. The Morgan fingerprint density at radius 1 is 1.11 bits per heavy atom. The van der Waals surface area contributed by atoms with Crippen LogP contribution < -0.4 is 9.47 Å². The standard InChI is InChI=1S/C26H26FNO6S/c1-4-6-22(29)28-25-23(26(31)33-5-2)24(30)21(35-25)14-17-9-12-19(20(13-17)32-3)34-15-16-7-10-18(27)11-8-16/h7-14,30H,4-6,15H2,1-3H3/b21-14-,28-25?. The predicted octanol–water partition coefficient (Wildman–Crippen LogP) is 5.60. The van der Waals surface area contributed by atoms with E-state index < -0.39 is 5.97 Å². The zero-order chi connectivity index (χ0) is 25.4. The monoisotopic (exact) mass is 499 g/mol. The number of benzene rings is 2. The number of hydrogen-bond donors (Lipinski definition) is 1. The number of aliphatic imine (C=N–C) groups is 1. The van der Waals surface area contributed by atoms with Crippen LogP contribution in [0.4, 0.5) is 4.39 Å². The van der Waals surface area contributed by atoms with Crippen molar-refractivity contribution < 1.29 is 33.3 Å². The number of esters is 1. The molecule has 1 heterocycles. The summed E-state index contributed by atoms with van der Waals surface area (Å²) in [5.74, 6) is -0.809. The van der Waals surface area contributed by atoms with E-state index in [2.05, 4.69) is 4.99 Å². The Morgan fingerprint density at radius 2 is 1.86 bits per heavy atom. The molecule has 0 unspecified atom stereocenters. The summed E-state index contributed by atoms with van der Waals surface area (Å²) in [6.45, 7) is 3.85. The van der Waals surface area contributed by atoms with Gasteiger partial charge in [0, 0.05) is 6.42 Å². The highest BCUT2D eigenvalue weighted by atomic mass is 32.2. The molecule has 1 aliphatic rings. The summed E-state index contributed by atoms with van der Waals surface area (Å²) >= 11 is 1.02. The van der Waals surface area contributed by atoms with Gasteiger partial charge in [0.2, 0.25) is 5.91 Å². The highest BCUT2D eigenvalue weighted by Crippen LogP contribution is 2.40. The van der Waals surface area contributed by atoms with Gasteiger partial charge in [0.1, 0.15) is 28.8 Å². The predicted molar refractivity (Wildman–Crippen MR) is 133 cm³/mol. The van der Waals surface area contributed by atoms with Crippen molar-refractivity contribution in [3.63, 3.8) is 0 Å². The number of methoxy groups -OCH3 is 1. The molecule has 7 nitrogen and oxygen atoms in total. The van der Waals surface area contributed by atoms with Gasteiger partial charge in [0.15, 0.2) is 11.5 Å². The molecule has 3 rings (SSSR count). The zero-order valence-corrected chi connectivity index (χ0v) is 20.5. The average Bonchev–Trinajstić information content (AvgIpc) is 3.13. The first kappa shape index (κ1) is 26.0. The minimum absolute atomic E-state index is 0.108. The molecule has 0 spiro atoms. The third-order valence-corrected chi connectivity index (χ3v) is 5.87. The topological polar surface area (TPSA) is 94.4 Å². The molecule has 1 amide bonds. The summed E-state index contributed by atoms with van der Waals surface area (Å²) in [5.41, 5.74) is 1.33. The summed E-state index contributed by atoms with van der Waals surface area (Å²) < 4.78 is 29.4. The lowest BCUT2D eigenvalue weighted by Gasteiger charge is -2.12. The van der Waals surface area contributed by atoms with E-state index in [1.807, 2.05) is 6.92 Å². The van der Waals surface area contributed by atoms with Gasteiger partial charge in [-0.1, -0.05) is 36.9 Å². The maximum atomic E-state index is 13.1. The molecule has 1 aliphatic heterocycles. The van der Waals surface area contributed by atoms with Crippen LogP contribution in [0.1, 0.15) is 37.8 Å². The normalized spacial score (nSPS) is 15.5. The first-order chi connectivity index (χ1) is 16.9. The SMILES string of the molecule is CCCC(=O)N=C1S/C(=C\c2ccc(OCc3ccc(F)cc3)c(OC)c2)C(O)=C1C(=O)OCC. The van der Waals surface area contributed by atoms with Gasteiger partial charge in [-0.2, -0.15) is 0 Å². The van der Waals surface area contributed by atoms with Gasteiger partial charge >= 0.3 is 5.97 Å². The summed E-state index contributed by atoms with van der Waals surface area (Å²) in [7, 11) is 1.50. The first-order valence-electron chi connectivity index (χ1n) is 11.0. The van der Waals surface area contributed by atoms with Crippen molar-refractivity contribution in [1.29, 1.82) is 0 Å². The van der Waals surface area contributed by atoms with Gasteiger partial charge in [-0.15, -0.1) is 0 Å². The molecular weight excluding hydrogens is 473 g/mol. The van der Waals surface area contributed by atoms with Crippen molar-refractivity contribution >= 4 is 34.8 Å². The molecule has 0 aliphatic carbocycles. The lowest BCUT2D eigenvalue weighted by Crippen LogP contribution is -2.14. The van der Waals surface area contributed by atoms with Crippen LogP contribution >= 0.6 is 11.8 Å². The molecule has 0 atom stereocenters. The Hall–Kier alpha value is -3.59. The maximum Gasteiger partial charge on any atom is 0.344 e. The van der Waals surface area contributed by atoms with E-state index in [-0.39, 0.29) is 47.7 Å². The number of halogens is 1. The second-order valence-corrected chi connectivity index (χ2v) is 8.47. The molecule has 0 aromatic heterocycles. The fourth-order valence-corrected chi connectivity index (χ4v) is 4.19. The van der Waals surface area contributed by atoms with Gasteiger partial charge in [-0.05, 0) is 54.8 Å². The number of amides is 1. The maximum absolute atomic E-state index is 13.1. The zero-order valence-electron chi connectivity index (χ0n) is 19.7. The van der Waals surface area contributed by atoms with Crippen molar-refractivity contribution in [1.82, 2.24) is 0 Å². The number of aliphatic hydroxyl groups excluding tert-OH is 1. The summed E-state index contributed by atoms with van der Waals surface area (Å²) in [4.78, 5) is 28.9. The van der Waals surface area contributed by atoms with Crippen LogP contribution in [0.3, 0.4) is 0 Å². The third kappa shape index (κ3) is 6.73. The van der Waals surface area contributed by atoms with Crippen LogP contribution in [0, 0.1) is 5.82 Å². The smallest absolute Gasteiger partial charge is 0.344 e. The third-order valence-electron chi connectivity index (χ3n) is 4.85. The Balaban J connectivity index is 1.87. The van der Waals surface area contributed by atoms with Crippen molar-refractivity contribution in [3.05, 3.63) is 75.6 Å². The highest BCUT2D eigenvalue weighted by molar-refractivity contribution is 8.18. The van der Waals surface area contributed by atoms with Crippen LogP contribution in [-0.2, 0) is 20.9 Å². The van der Waals surface area contributed by atoms with Gasteiger partial charge in [-0.25, -0.2) is 14.2 Å². The molecule has 2 aromatic rings.